The van der Waals surface area contributed by atoms with Crippen LogP contribution >= 0.6 is 11.8 Å². The highest BCUT2D eigenvalue weighted by Crippen LogP contribution is 2.24. The normalized spacial score (nSPS) is 11.1. The number of hydrogen-bond acceptors (Lipinski definition) is 5. The zero-order valence-electron chi connectivity index (χ0n) is 20.3. The van der Waals surface area contributed by atoms with Gasteiger partial charge in [0.1, 0.15) is 5.82 Å². The first kappa shape index (κ1) is 23.8. The molecule has 8 heteroatoms. The number of thioether (sulfide) groups is 1. The lowest BCUT2D eigenvalue weighted by Gasteiger charge is -2.12. The lowest BCUT2D eigenvalue weighted by Crippen LogP contribution is -2.24. The van der Waals surface area contributed by atoms with Crippen molar-refractivity contribution in [3.63, 3.8) is 0 Å². The number of hydrogen-bond donors (Lipinski definition) is 1. The molecule has 0 aliphatic heterocycles. The summed E-state index contributed by atoms with van der Waals surface area (Å²) >= 11 is 1.40. The van der Waals surface area contributed by atoms with E-state index in [9.17, 15) is 4.79 Å². The largest absolute Gasteiger partial charge is 0.351 e. The first-order valence-corrected chi connectivity index (χ1v) is 12.3. The van der Waals surface area contributed by atoms with E-state index in [1.807, 2.05) is 35.2 Å². The van der Waals surface area contributed by atoms with Crippen molar-refractivity contribution in [3.8, 4) is 5.69 Å². The van der Waals surface area contributed by atoms with E-state index in [0.717, 1.165) is 39.6 Å². The molecule has 0 bridgehead atoms. The van der Waals surface area contributed by atoms with Crippen LogP contribution in [0.4, 0.5) is 0 Å². The standard InChI is InChI=1S/C26H30N6OS/c1-17-9-10-18(2)24(11-17)32-21(5)28-29-26(32)34-16-25(33)27-14-22-7-6-8-23(13-22)15-31-20(4)12-19(3)30-31/h6-13H,14-16H2,1-5H3,(H,27,33). The molecule has 2 aromatic heterocycles. The zero-order chi connectivity index (χ0) is 24.2. The molecule has 0 aliphatic carbocycles. The van der Waals surface area contributed by atoms with Crippen LogP contribution in [-0.4, -0.2) is 36.2 Å². The van der Waals surface area contributed by atoms with Gasteiger partial charge in [-0.1, -0.05) is 48.2 Å². The van der Waals surface area contributed by atoms with Gasteiger partial charge in [0.05, 0.1) is 23.7 Å². The van der Waals surface area contributed by atoms with Gasteiger partial charge in [-0.05, 0) is 69.0 Å². The molecule has 2 aromatic carbocycles. The van der Waals surface area contributed by atoms with E-state index < -0.39 is 0 Å². The Bertz CT molecular complexity index is 1320. The van der Waals surface area contributed by atoms with Gasteiger partial charge >= 0.3 is 0 Å². The molecule has 0 atom stereocenters. The van der Waals surface area contributed by atoms with Crippen molar-refractivity contribution in [1.29, 1.82) is 0 Å². The predicted molar refractivity (Wildman–Crippen MR) is 135 cm³/mol. The number of amides is 1. The van der Waals surface area contributed by atoms with E-state index in [0.29, 0.717) is 18.2 Å². The summed E-state index contributed by atoms with van der Waals surface area (Å²) in [5.41, 5.74) is 7.72. The summed E-state index contributed by atoms with van der Waals surface area (Å²) in [6, 6.07) is 16.6. The second-order valence-electron chi connectivity index (χ2n) is 8.63. The molecule has 1 amide bonds. The average molecular weight is 475 g/mol. The number of aromatic nitrogens is 5. The molecule has 4 rings (SSSR count). The molecule has 0 radical (unpaired) electrons. The van der Waals surface area contributed by atoms with Crippen LogP contribution in [-0.2, 0) is 17.9 Å². The molecule has 0 unspecified atom stereocenters. The summed E-state index contributed by atoms with van der Waals surface area (Å²) in [6.07, 6.45) is 0. The number of rotatable bonds is 8. The van der Waals surface area contributed by atoms with Crippen molar-refractivity contribution in [2.45, 2.75) is 52.9 Å². The molecular formula is C26H30N6OS. The predicted octanol–water partition coefficient (Wildman–Crippen LogP) is 4.46. The minimum Gasteiger partial charge on any atom is -0.351 e. The van der Waals surface area contributed by atoms with E-state index in [1.165, 1.54) is 17.3 Å². The van der Waals surface area contributed by atoms with Crippen molar-refractivity contribution >= 4 is 17.7 Å². The topological polar surface area (TPSA) is 77.6 Å². The van der Waals surface area contributed by atoms with Crippen molar-refractivity contribution < 1.29 is 4.79 Å². The Morgan fingerprint density at radius 1 is 0.971 bits per heavy atom. The third-order valence-electron chi connectivity index (χ3n) is 5.65. The van der Waals surface area contributed by atoms with Gasteiger partial charge in [0, 0.05) is 12.2 Å². The maximum atomic E-state index is 12.6. The second kappa shape index (κ2) is 10.3. The molecule has 0 fully saturated rings. The van der Waals surface area contributed by atoms with Crippen molar-refractivity contribution in [2.75, 3.05) is 5.75 Å². The highest BCUT2D eigenvalue weighted by molar-refractivity contribution is 7.99. The fourth-order valence-electron chi connectivity index (χ4n) is 3.90. The summed E-state index contributed by atoms with van der Waals surface area (Å²) in [5.74, 6) is 1.03. The van der Waals surface area contributed by atoms with Crippen LogP contribution in [0.1, 0.15) is 39.5 Å². The van der Waals surface area contributed by atoms with Crippen LogP contribution in [0.2, 0.25) is 0 Å². The maximum absolute atomic E-state index is 12.6. The third kappa shape index (κ3) is 5.56. The molecule has 7 nitrogen and oxygen atoms in total. The molecule has 0 spiro atoms. The minimum absolute atomic E-state index is 0.0397. The molecule has 176 valence electrons. The Morgan fingerprint density at radius 3 is 2.53 bits per heavy atom. The number of nitrogens with one attached hydrogen (secondary N) is 1. The molecule has 2 heterocycles. The van der Waals surface area contributed by atoms with Gasteiger partial charge in [-0.15, -0.1) is 10.2 Å². The van der Waals surface area contributed by atoms with E-state index >= 15 is 0 Å². The smallest absolute Gasteiger partial charge is 0.230 e. The van der Waals surface area contributed by atoms with Crippen molar-refractivity contribution in [2.24, 2.45) is 0 Å². The SMILES string of the molecule is Cc1ccc(C)c(-n2c(C)nnc2SCC(=O)NCc2cccc(Cn3nc(C)cc3C)c2)c1. The van der Waals surface area contributed by atoms with Crippen LogP contribution in [0.3, 0.4) is 0 Å². The Kier molecular flexibility index (Phi) is 7.17. The maximum Gasteiger partial charge on any atom is 0.230 e. The fourth-order valence-corrected chi connectivity index (χ4v) is 4.72. The summed E-state index contributed by atoms with van der Waals surface area (Å²) in [5, 5.41) is 16.8. The Balaban J connectivity index is 1.36. The highest BCUT2D eigenvalue weighted by atomic mass is 32.2. The first-order chi connectivity index (χ1) is 16.3. The molecule has 0 aliphatic rings. The minimum atomic E-state index is -0.0397. The van der Waals surface area contributed by atoms with Gasteiger partial charge in [-0.3, -0.25) is 14.0 Å². The fraction of sp³-hybridized carbons (Fsp3) is 0.308. The summed E-state index contributed by atoms with van der Waals surface area (Å²) in [4.78, 5) is 12.6. The Morgan fingerprint density at radius 2 is 1.76 bits per heavy atom. The second-order valence-corrected chi connectivity index (χ2v) is 9.57. The van der Waals surface area contributed by atoms with Gasteiger partial charge in [-0.25, -0.2) is 0 Å². The van der Waals surface area contributed by atoms with E-state index in [-0.39, 0.29) is 11.7 Å². The third-order valence-corrected chi connectivity index (χ3v) is 6.58. The molecule has 0 saturated heterocycles. The van der Waals surface area contributed by atoms with Gasteiger partial charge in [0.15, 0.2) is 5.16 Å². The summed E-state index contributed by atoms with van der Waals surface area (Å²) < 4.78 is 4.01. The zero-order valence-corrected chi connectivity index (χ0v) is 21.1. The van der Waals surface area contributed by atoms with Crippen LogP contribution in [0.15, 0.2) is 53.7 Å². The van der Waals surface area contributed by atoms with Crippen LogP contribution < -0.4 is 5.32 Å². The molecule has 34 heavy (non-hydrogen) atoms. The van der Waals surface area contributed by atoms with Gasteiger partial charge in [0.25, 0.3) is 0 Å². The van der Waals surface area contributed by atoms with Crippen molar-refractivity contribution in [3.05, 3.63) is 88.0 Å². The summed E-state index contributed by atoms with van der Waals surface area (Å²) in [6.45, 7) is 11.3. The number of benzene rings is 2. The number of aryl methyl sites for hydroxylation is 5. The number of carbonyl (C=O) groups excluding carboxylic acids is 1. The monoisotopic (exact) mass is 474 g/mol. The molecule has 0 saturated carbocycles. The lowest BCUT2D eigenvalue weighted by atomic mass is 10.1. The van der Waals surface area contributed by atoms with Crippen LogP contribution in [0.5, 0.6) is 0 Å². The quantitative estimate of drug-likeness (QED) is 0.382. The van der Waals surface area contributed by atoms with E-state index in [4.69, 9.17) is 0 Å². The first-order valence-electron chi connectivity index (χ1n) is 11.3. The summed E-state index contributed by atoms with van der Waals surface area (Å²) in [7, 11) is 0. The van der Waals surface area contributed by atoms with Gasteiger partial charge in [-0.2, -0.15) is 5.10 Å². The van der Waals surface area contributed by atoms with Crippen LogP contribution in [0, 0.1) is 34.6 Å². The van der Waals surface area contributed by atoms with E-state index in [1.54, 1.807) is 0 Å². The van der Waals surface area contributed by atoms with Crippen molar-refractivity contribution in [1.82, 2.24) is 29.9 Å². The lowest BCUT2D eigenvalue weighted by molar-refractivity contribution is -0.118. The Labute approximate surface area is 204 Å². The number of nitrogens with zero attached hydrogens (tertiary/aromatic N) is 5. The van der Waals surface area contributed by atoms with E-state index in [2.05, 4.69) is 77.8 Å². The van der Waals surface area contributed by atoms with Gasteiger partial charge in [0.2, 0.25) is 5.91 Å². The highest BCUT2D eigenvalue weighted by Gasteiger charge is 2.15. The Hall–Kier alpha value is -3.39. The molecule has 1 N–H and O–H groups in total. The number of carbonyl (C=O) groups is 1. The average Bonchev–Trinajstić information content (AvgIpc) is 3.33. The van der Waals surface area contributed by atoms with Gasteiger partial charge < -0.3 is 5.32 Å². The molecular weight excluding hydrogens is 444 g/mol. The molecule has 4 aromatic rings. The van der Waals surface area contributed by atoms with Crippen LogP contribution in [0.25, 0.3) is 5.69 Å².